The smallest absolute Gasteiger partial charge is 0.410 e. The molecule has 2 saturated heterocycles. The van der Waals surface area contributed by atoms with Crippen molar-refractivity contribution in [3.05, 3.63) is 120 Å². The largest absolute Gasteiger partial charge is 0.444 e. The van der Waals surface area contributed by atoms with E-state index >= 15 is 0 Å². The molecular formula is C52H64N18O5. The molecule has 0 spiro atoms. The number of nitrogens with zero attached hydrogens (tertiary/aromatic N) is 11. The number of amides is 3. The van der Waals surface area contributed by atoms with Gasteiger partial charge in [-0.25, -0.2) is 24.7 Å². The lowest BCUT2D eigenvalue weighted by molar-refractivity contribution is 0.0172. The Bertz CT molecular complexity index is 2930. The van der Waals surface area contributed by atoms with E-state index in [9.17, 15) is 14.4 Å². The monoisotopic (exact) mass is 1020 g/mol. The van der Waals surface area contributed by atoms with Gasteiger partial charge in [0.15, 0.2) is 24.0 Å². The van der Waals surface area contributed by atoms with Gasteiger partial charge in [-0.15, -0.1) is 9.97 Å². The first kappa shape index (κ1) is 54.1. The molecule has 2 atom stereocenters. The zero-order valence-corrected chi connectivity index (χ0v) is 42.6. The van der Waals surface area contributed by atoms with Gasteiger partial charge in [0.2, 0.25) is 0 Å². The van der Waals surface area contributed by atoms with E-state index in [1.54, 1.807) is 48.0 Å². The summed E-state index contributed by atoms with van der Waals surface area (Å²) in [5, 5.41) is 31.3. The lowest BCUT2D eigenvalue weighted by Crippen LogP contribution is -2.44. The zero-order chi connectivity index (χ0) is 53.2. The molecule has 8 rings (SSSR count). The van der Waals surface area contributed by atoms with Crippen molar-refractivity contribution in [2.75, 3.05) is 80.2 Å². The summed E-state index contributed by atoms with van der Waals surface area (Å²) < 4.78 is 9.29. The highest BCUT2D eigenvalue weighted by Crippen LogP contribution is 2.29. The third-order valence-corrected chi connectivity index (χ3v) is 11.9. The van der Waals surface area contributed by atoms with Crippen molar-refractivity contribution in [3.63, 3.8) is 0 Å². The van der Waals surface area contributed by atoms with Gasteiger partial charge in [-0.05, 0) is 89.9 Å². The van der Waals surface area contributed by atoms with Crippen molar-refractivity contribution in [1.29, 1.82) is 0 Å². The number of anilines is 6. The van der Waals surface area contributed by atoms with E-state index in [-0.39, 0.29) is 48.6 Å². The highest BCUT2D eigenvalue weighted by molar-refractivity contribution is 5.94. The van der Waals surface area contributed by atoms with Crippen LogP contribution in [0.15, 0.2) is 86.2 Å². The number of nitrogens with one attached hydrogen (secondary N) is 7. The first-order chi connectivity index (χ1) is 36.3. The number of carbonyl (C=O) groups excluding carboxylic acids is 3. The first-order valence-electron chi connectivity index (χ1n) is 24.9. The summed E-state index contributed by atoms with van der Waals surface area (Å²) in [5.41, 5.74) is 3.71. The fourth-order valence-electron chi connectivity index (χ4n) is 8.18. The number of piperidine rings is 2. The standard InChI is InChI=1S/C29H37N9O3.C23H27N9O2/c1-6-10-31-27(39)21-9-12-37(19-21)23-15-33-24(36-26-17-34-25(30-5)16-35-26)13-22(23)32-14-20-8-7-11-38(18-20)28(40)41-29(2,3)4;1-24-21-13-30-22(14-29-21)31-20-9-18(27-11-16-3-2-5-25-10-16)19(12-28-20)32-7-4-17(15-32)23(34)26-6-8-33/h9,12-13,15-17,19-20H,6-8,10-11,14,18H2,1-4H3,(H,31,39)(H2,32,33,35,36);4,7,9,12-16,25,33H,2-3,5-6,8,10-11H2,(H,26,34)(H2,27,28,30,31). The maximum atomic E-state index is 12.7. The first-order valence-corrected chi connectivity index (χ1v) is 24.9. The average Bonchev–Trinajstić information content (AvgIpc) is 4.13. The van der Waals surface area contributed by atoms with Gasteiger partial charge in [0.25, 0.3) is 23.5 Å². The molecule has 0 saturated carbocycles. The van der Waals surface area contributed by atoms with E-state index in [0.29, 0.717) is 66.5 Å². The van der Waals surface area contributed by atoms with E-state index < -0.39 is 5.60 Å². The van der Waals surface area contributed by atoms with Crippen molar-refractivity contribution < 1.29 is 24.2 Å². The fourth-order valence-corrected chi connectivity index (χ4v) is 8.18. The van der Waals surface area contributed by atoms with E-state index in [1.165, 1.54) is 24.8 Å². The van der Waals surface area contributed by atoms with Crippen molar-refractivity contribution >= 4 is 64.2 Å². The van der Waals surface area contributed by atoms with Crippen molar-refractivity contribution in [3.8, 4) is 11.4 Å². The molecule has 2 unspecified atom stereocenters. The minimum absolute atomic E-state index is 0.111. The molecule has 392 valence electrons. The number of aromatic nitrogens is 8. The molecular weight excluding hydrogens is 957 g/mol. The number of ether oxygens (including phenoxy) is 1. The number of rotatable bonds is 18. The number of carbonyl (C=O) groups is 3. The van der Waals surface area contributed by atoms with Crippen LogP contribution in [0.25, 0.3) is 21.1 Å². The molecule has 23 heteroatoms. The number of aliphatic hydroxyl groups is 1. The van der Waals surface area contributed by atoms with Gasteiger partial charge in [-0.2, -0.15) is 0 Å². The number of hydrogen-bond acceptors (Lipinski definition) is 16. The number of aliphatic hydroxyl groups excluding tert-OH is 1. The Hall–Kier alpha value is -8.67. The number of pyridine rings is 2. The van der Waals surface area contributed by atoms with Gasteiger partial charge in [-0.1, -0.05) is 20.1 Å². The van der Waals surface area contributed by atoms with Crippen LogP contribution in [0.3, 0.4) is 0 Å². The molecule has 0 radical (unpaired) electrons. The molecule has 2 fully saturated rings. The van der Waals surface area contributed by atoms with E-state index in [1.807, 2.05) is 55.2 Å². The Morgan fingerprint density at radius 3 is 1.75 bits per heavy atom. The summed E-state index contributed by atoms with van der Waals surface area (Å²) in [6.07, 6.45) is 21.1. The molecule has 6 aromatic rings. The van der Waals surface area contributed by atoms with Crippen LogP contribution in [0, 0.1) is 25.0 Å². The summed E-state index contributed by atoms with van der Waals surface area (Å²) in [4.78, 5) is 71.3. The van der Waals surface area contributed by atoms with Crippen LogP contribution >= 0.6 is 0 Å². The second-order valence-electron chi connectivity index (χ2n) is 18.9. The van der Waals surface area contributed by atoms with Crippen LogP contribution < -0.4 is 37.2 Å². The van der Waals surface area contributed by atoms with E-state index in [2.05, 4.69) is 76.8 Å². The second kappa shape index (κ2) is 26.3. The molecule has 8 heterocycles. The van der Waals surface area contributed by atoms with Crippen LogP contribution in [0.1, 0.15) is 80.5 Å². The van der Waals surface area contributed by atoms with Gasteiger partial charge in [0.05, 0.1) is 65.3 Å². The maximum absolute atomic E-state index is 12.7. The quantitative estimate of drug-likeness (QED) is 0.0394. The van der Waals surface area contributed by atoms with E-state index in [4.69, 9.17) is 23.0 Å². The predicted octanol–water partition coefficient (Wildman–Crippen LogP) is 7.25. The molecule has 2 aliphatic heterocycles. The highest BCUT2D eigenvalue weighted by Gasteiger charge is 2.28. The number of hydrogen-bond donors (Lipinski definition) is 8. The highest BCUT2D eigenvalue weighted by atomic mass is 16.6. The Kier molecular flexibility index (Phi) is 19.0. The normalized spacial score (nSPS) is 15.2. The Balaban J connectivity index is 0.000000222. The van der Waals surface area contributed by atoms with Crippen LogP contribution in [-0.4, -0.2) is 132 Å². The van der Waals surface area contributed by atoms with Gasteiger partial charge in [-0.3, -0.25) is 9.59 Å². The van der Waals surface area contributed by atoms with Crippen molar-refractivity contribution in [1.82, 2.24) is 59.9 Å². The molecule has 23 nitrogen and oxygen atoms in total. The molecule has 6 aromatic heterocycles. The van der Waals surface area contributed by atoms with Crippen LogP contribution in [0.5, 0.6) is 0 Å². The lowest BCUT2D eigenvalue weighted by atomic mass is 9.98. The van der Waals surface area contributed by atoms with Gasteiger partial charge >= 0.3 is 6.09 Å². The third-order valence-electron chi connectivity index (χ3n) is 11.9. The summed E-state index contributed by atoms with van der Waals surface area (Å²) in [6, 6.07) is 7.25. The van der Waals surface area contributed by atoms with Crippen LogP contribution in [0.4, 0.5) is 51.1 Å². The van der Waals surface area contributed by atoms with Gasteiger partial charge in [0, 0.05) is 76.2 Å². The van der Waals surface area contributed by atoms with E-state index in [0.717, 1.165) is 74.5 Å². The molecule has 75 heavy (non-hydrogen) atoms. The Morgan fingerprint density at radius 1 is 0.733 bits per heavy atom. The molecule has 0 aliphatic carbocycles. The third kappa shape index (κ3) is 15.9. The number of likely N-dealkylation sites (tertiary alicyclic amines) is 1. The molecule has 2 aliphatic rings. The molecule has 3 amide bonds. The zero-order valence-electron chi connectivity index (χ0n) is 42.6. The summed E-state index contributed by atoms with van der Waals surface area (Å²) in [7, 11) is 0. The topological polar surface area (TPSA) is 264 Å². The van der Waals surface area contributed by atoms with Gasteiger partial charge < -0.3 is 70.8 Å². The summed E-state index contributed by atoms with van der Waals surface area (Å²) in [6.45, 7) is 27.1. The summed E-state index contributed by atoms with van der Waals surface area (Å²) >= 11 is 0. The average molecular weight is 1020 g/mol. The van der Waals surface area contributed by atoms with Crippen molar-refractivity contribution in [2.24, 2.45) is 11.8 Å². The minimum Gasteiger partial charge on any atom is -0.444 e. The van der Waals surface area contributed by atoms with Gasteiger partial charge in [0.1, 0.15) is 17.2 Å². The lowest BCUT2D eigenvalue weighted by Gasteiger charge is -2.34. The fraction of sp³-hybridized carbons (Fsp3) is 0.404. The minimum atomic E-state index is -0.540. The molecule has 0 aromatic carbocycles. The molecule has 0 bridgehead atoms. The second-order valence-corrected chi connectivity index (χ2v) is 18.9. The molecule has 8 N–H and O–H groups in total. The predicted molar refractivity (Wildman–Crippen MR) is 285 cm³/mol. The van der Waals surface area contributed by atoms with Crippen LogP contribution in [0.2, 0.25) is 0 Å². The Labute approximate surface area is 436 Å². The maximum Gasteiger partial charge on any atom is 0.410 e. The van der Waals surface area contributed by atoms with Crippen molar-refractivity contribution in [2.45, 2.75) is 65.4 Å². The Morgan fingerprint density at radius 2 is 1.27 bits per heavy atom. The SMILES string of the molecule is [C-]#[N+]c1cnc(Nc2cc(NCC3CCCN(C(=O)OC(C)(C)C)C3)c(-n3ccc(C(=O)NCCC)c3)cn2)cn1.[C-]#[N+]c1cnc(Nc2cc(NCC3CCCNC3)c(-n3ccc(C(=O)NCCO)c3)cn2)cn1. The summed E-state index contributed by atoms with van der Waals surface area (Å²) in [5.74, 6) is 2.85. The van der Waals surface area contributed by atoms with Crippen LogP contribution in [-0.2, 0) is 4.74 Å².